The van der Waals surface area contributed by atoms with Crippen molar-refractivity contribution in [3.05, 3.63) is 24.3 Å². The van der Waals surface area contributed by atoms with Crippen LogP contribution in [-0.4, -0.2) is 29.6 Å². The molecule has 4 N–H and O–H groups in total. The molecule has 0 aromatic heterocycles. The van der Waals surface area contributed by atoms with Crippen molar-refractivity contribution >= 4 is 17.6 Å². The molecule has 0 unspecified atom stereocenters. The van der Waals surface area contributed by atoms with Crippen LogP contribution in [0.3, 0.4) is 0 Å². The Hall–Kier alpha value is -2.08. The van der Waals surface area contributed by atoms with Crippen molar-refractivity contribution in [3.63, 3.8) is 0 Å². The van der Waals surface area contributed by atoms with E-state index in [9.17, 15) is 9.59 Å². The summed E-state index contributed by atoms with van der Waals surface area (Å²) in [6.45, 7) is 3.29. The molecule has 0 bridgehead atoms. The highest BCUT2D eigenvalue weighted by Crippen LogP contribution is 2.17. The van der Waals surface area contributed by atoms with Crippen molar-refractivity contribution in [2.45, 2.75) is 19.9 Å². The molecule has 1 aromatic carbocycles. The average Bonchev–Trinajstić information content (AvgIpc) is 2.35. The first-order valence-corrected chi connectivity index (χ1v) is 5.91. The van der Waals surface area contributed by atoms with Gasteiger partial charge in [0.1, 0.15) is 5.75 Å². The minimum atomic E-state index is -1.06. The number of carboxylic acids is 1. The fourth-order valence-corrected chi connectivity index (χ4v) is 1.34. The number of rotatable bonds is 6. The van der Waals surface area contributed by atoms with Crippen LogP contribution < -0.4 is 15.8 Å². The van der Waals surface area contributed by atoms with E-state index < -0.39 is 18.6 Å². The number of carbonyl (C=O) groups is 2. The Labute approximate surface area is 111 Å². The molecule has 0 saturated heterocycles. The maximum atomic E-state index is 11.8. The molecule has 0 saturated carbocycles. The van der Waals surface area contributed by atoms with Crippen molar-refractivity contribution in [2.75, 3.05) is 11.9 Å². The molecule has 104 valence electrons. The van der Waals surface area contributed by atoms with Crippen molar-refractivity contribution in [3.8, 4) is 5.75 Å². The molecular weight excluding hydrogens is 248 g/mol. The van der Waals surface area contributed by atoms with Crippen LogP contribution in [0, 0.1) is 5.92 Å². The Morgan fingerprint density at radius 3 is 2.68 bits per heavy atom. The lowest BCUT2D eigenvalue weighted by molar-refractivity contribution is -0.139. The predicted molar refractivity (Wildman–Crippen MR) is 71.0 cm³/mol. The Kier molecular flexibility index (Phi) is 5.32. The van der Waals surface area contributed by atoms with Gasteiger partial charge in [-0.1, -0.05) is 19.9 Å². The number of aliphatic carboxylic acids is 1. The molecule has 0 heterocycles. The van der Waals surface area contributed by atoms with Gasteiger partial charge in [-0.2, -0.15) is 0 Å². The summed E-state index contributed by atoms with van der Waals surface area (Å²) in [5.74, 6) is -0.939. The first-order chi connectivity index (χ1) is 8.90. The zero-order valence-electron chi connectivity index (χ0n) is 10.9. The number of hydrogen-bond acceptors (Lipinski definition) is 4. The third-order valence-corrected chi connectivity index (χ3v) is 2.48. The third kappa shape index (κ3) is 4.97. The van der Waals surface area contributed by atoms with Gasteiger partial charge in [-0.25, -0.2) is 4.79 Å². The van der Waals surface area contributed by atoms with Crippen LogP contribution in [0.15, 0.2) is 24.3 Å². The quantitative estimate of drug-likeness (QED) is 0.715. The molecule has 0 aliphatic rings. The fraction of sp³-hybridized carbons (Fsp3) is 0.385. The Morgan fingerprint density at radius 2 is 2.11 bits per heavy atom. The number of benzene rings is 1. The molecule has 1 amide bonds. The summed E-state index contributed by atoms with van der Waals surface area (Å²) < 4.78 is 5.02. The van der Waals surface area contributed by atoms with Gasteiger partial charge in [-0.05, 0) is 18.1 Å². The van der Waals surface area contributed by atoms with Gasteiger partial charge in [0, 0.05) is 11.8 Å². The maximum Gasteiger partial charge on any atom is 0.341 e. The minimum absolute atomic E-state index is 0.0337. The Morgan fingerprint density at radius 1 is 1.42 bits per heavy atom. The highest BCUT2D eigenvalue weighted by atomic mass is 16.5. The smallest absolute Gasteiger partial charge is 0.341 e. The summed E-state index contributed by atoms with van der Waals surface area (Å²) in [4.78, 5) is 22.1. The van der Waals surface area contributed by atoms with Gasteiger partial charge in [0.15, 0.2) is 6.61 Å². The molecule has 0 aliphatic heterocycles. The monoisotopic (exact) mass is 266 g/mol. The number of anilines is 1. The molecule has 1 rings (SSSR count). The second-order valence-corrected chi connectivity index (χ2v) is 4.47. The van der Waals surface area contributed by atoms with Crippen LogP contribution >= 0.6 is 0 Å². The lowest BCUT2D eigenvalue weighted by Crippen LogP contribution is -2.39. The second-order valence-electron chi connectivity index (χ2n) is 4.47. The predicted octanol–water partition coefficient (Wildman–Crippen LogP) is 1.07. The molecule has 0 spiro atoms. The molecule has 1 aromatic rings. The SMILES string of the molecule is CC(C)[C@@H](N)C(=O)Nc1cccc(OCC(=O)O)c1. The van der Waals surface area contributed by atoms with Crippen LogP contribution in [0.25, 0.3) is 0 Å². The first kappa shape index (κ1) is 15.0. The number of carboxylic acid groups (broad SMARTS) is 1. The Bertz CT molecular complexity index is 460. The zero-order valence-corrected chi connectivity index (χ0v) is 10.9. The van der Waals surface area contributed by atoms with E-state index in [1.165, 1.54) is 0 Å². The fourth-order valence-electron chi connectivity index (χ4n) is 1.34. The lowest BCUT2D eigenvalue weighted by Gasteiger charge is -2.15. The van der Waals surface area contributed by atoms with Crippen LogP contribution in [0.2, 0.25) is 0 Å². The van der Waals surface area contributed by atoms with Gasteiger partial charge >= 0.3 is 5.97 Å². The number of carbonyl (C=O) groups excluding carboxylic acids is 1. The number of amides is 1. The number of nitrogens with one attached hydrogen (secondary N) is 1. The lowest BCUT2D eigenvalue weighted by atomic mass is 10.0. The third-order valence-electron chi connectivity index (χ3n) is 2.48. The van der Waals surface area contributed by atoms with E-state index >= 15 is 0 Å². The average molecular weight is 266 g/mol. The number of ether oxygens (including phenoxy) is 1. The summed E-state index contributed by atoms with van der Waals surface area (Å²) in [6.07, 6.45) is 0. The van der Waals surface area contributed by atoms with E-state index in [1.807, 2.05) is 13.8 Å². The molecule has 19 heavy (non-hydrogen) atoms. The largest absolute Gasteiger partial charge is 0.482 e. The van der Waals surface area contributed by atoms with Gasteiger partial charge in [-0.15, -0.1) is 0 Å². The van der Waals surface area contributed by atoms with Gasteiger partial charge < -0.3 is 20.9 Å². The van der Waals surface area contributed by atoms with Gasteiger partial charge in [0.2, 0.25) is 5.91 Å². The summed E-state index contributed by atoms with van der Waals surface area (Å²) >= 11 is 0. The zero-order chi connectivity index (χ0) is 14.4. The standard InChI is InChI=1S/C13H18N2O4/c1-8(2)12(14)13(18)15-9-4-3-5-10(6-9)19-7-11(16)17/h3-6,8,12H,7,14H2,1-2H3,(H,15,18)(H,16,17)/t12-/m1/s1. The van der Waals surface area contributed by atoms with E-state index in [4.69, 9.17) is 15.6 Å². The maximum absolute atomic E-state index is 11.8. The Balaban J connectivity index is 2.66. The van der Waals surface area contributed by atoms with Gasteiger partial charge in [0.25, 0.3) is 0 Å². The van der Waals surface area contributed by atoms with Crippen molar-refractivity contribution in [1.29, 1.82) is 0 Å². The van der Waals surface area contributed by atoms with Crippen molar-refractivity contribution in [2.24, 2.45) is 11.7 Å². The summed E-state index contributed by atoms with van der Waals surface area (Å²) in [5, 5.41) is 11.2. The molecule has 1 atom stereocenters. The van der Waals surface area contributed by atoms with E-state index in [0.717, 1.165) is 0 Å². The topological polar surface area (TPSA) is 102 Å². The van der Waals surface area contributed by atoms with Crippen LogP contribution in [0.5, 0.6) is 5.75 Å². The normalized spacial score (nSPS) is 12.0. The summed E-state index contributed by atoms with van der Waals surface area (Å²) in [5.41, 5.74) is 6.24. The first-order valence-electron chi connectivity index (χ1n) is 5.91. The van der Waals surface area contributed by atoms with E-state index in [1.54, 1.807) is 24.3 Å². The molecule has 0 fully saturated rings. The van der Waals surface area contributed by atoms with Crippen LogP contribution in [-0.2, 0) is 9.59 Å². The van der Waals surface area contributed by atoms with Crippen LogP contribution in [0.1, 0.15) is 13.8 Å². The highest BCUT2D eigenvalue weighted by Gasteiger charge is 2.17. The summed E-state index contributed by atoms with van der Waals surface area (Å²) in [7, 11) is 0. The van der Waals surface area contributed by atoms with Crippen molar-refractivity contribution in [1.82, 2.24) is 0 Å². The second kappa shape index (κ2) is 6.75. The molecule has 0 radical (unpaired) electrons. The van der Waals surface area contributed by atoms with E-state index in [2.05, 4.69) is 5.32 Å². The van der Waals surface area contributed by atoms with Crippen LogP contribution in [0.4, 0.5) is 5.69 Å². The number of hydrogen-bond donors (Lipinski definition) is 3. The van der Waals surface area contributed by atoms with E-state index in [0.29, 0.717) is 11.4 Å². The van der Waals surface area contributed by atoms with E-state index in [-0.39, 0.29) is 11.8 Å². The molecule has 0 aliphatic carbocycles. The molecular formula is C13H18N2O4. The van der Waals surface area contributed by atoms with Crippen molar-refractivity contribution < 1.29 is 19.4 Å². The minimum Gasteiger partial charge on any atom is -0.482 e. The molecule has 6 nitrogen and oxygen atoms in total. The molecule has 6 heteroatoms. The van der Waals surface area contributed by atoms with Gasteiger partial charge in [-0.3, -0.25) is 4.79 Å². The highest BCUT2D eigenvalue weighted by molar-refractivity contribution is 5.95. The number of nitrogens with two attached hydrogens (primary N) is 1. The summed E-state index contributed by atoms with van der Waals surface area (Å²) in [6, 6.07) is 5.91. The van der Waals surface area contributed by atoms with Gasteiger partial charge in [0.05, 0.1) is 6.04 Å².